The Morgan fingerprint density at radius 3 is 2.21 bits per heavy atom. The smallest absolute Gasteiger partial charge is 1.00 e. The van der Waals surface area contributed by atoms with E-state index in [1.165, 1.54) is 6.20 Å². The maximum atomic E-state index is 15.0. The molecule has 5 heterocycles. The first-order valence-electron chi connectivity index (χ1n) is 12.9. The molecule has 1 fully saturated rings. The number of aromatic carboxylic acids is 1. The molecule has 10 nitrogen and oxygen atoms in total. The molecule has 42 heavy (non-hydrogen) atoms. The number of carbonyl (C=O) groups excluding carboxylic acids is 2. The number of hydrogen-bond acceptors (Lipinski definition) is 9. The summed E-state index contributed by atoms with van der Waals surface area (Å²) in [6.07, 6.45) is 4.63. The van der Waals surface area contributed by atoms with Gasteiger partial charge in [-0.1, -0.05) is 0 Å². The first kappa shape index (κ1) is 31.1. The van der Waals surface area contributed by atoms with Crippen LogP contribution in [0.4, 0.5) is 10.1 Å². The summed E-state index contributed by atoms with van der Waals surface area (Å²) in [4.78, 5) is 48.1. The number of likely N-dealkylation sites (N-methyl/N-ethyl adjacent to an activating group) is 1. The molecule has 1 atom stereocenters. The van der Waals surface area contributed by atoms with Gasteiger partial charge in [-0.05, 0) is 44.3 Å². The van der Waals surface area contributed by atoms with Crippen LogP contribution in [0.25, 0.3) is 22.3 Å². The average molecular weight is 642 g/mol. The first-order valence-corrected chi connectivity index (χ1v) is 12.9. The Bertz CT molecular complexity index is 1710. The van der Waals surface area contributed by atoms with Crippen LogP contribution in [0.5, 0.6) is 5.75 Å². The van der Waals surface area contributed by atoms with Crippen molar-refractivity contribution in [2.24, 2.45) is 0 Å². The zero-order chi connectivity index (χ0) is 28.1. The fourth-order valence-corrected chi connectivity index (χ4v) is 5.38. The number of nitrogens with zero attached hydrogens (tertiary/aromatic N) is 5. The monoisotopic (exact) mass is 640 g/mol. The maximum Gasteiger partial charge on any atom is 2.00 e. The number of anilines is 1. The summed E-state index contributed by atoms with van der Waals surface area (Å²) < 4.78 is 22.5. The molecule has 0 unspecified atom stereocenters. The van der Waals surface area contributed by atoms with Crippen LogP contribution in [0.3, 0.4) is 0 Å². The Balaban J connectivity index is 0.000000215. The van der Waals surface area contributed by atoms with E-state index < -0.39 is 22.8 Å². The Labute approximate surface area is 257 Å². The second-order valence-electron chi connectivity index (χ2n) is 10.1. The first-order chi connectivity index (χ1) is 19.3. The summed E-state index contributed by atoms with van der Waals surface area (Å²) in [5, 5.41) is 11.3. The minimum Gasteiger partial charge on any atom is -1.00 e. The number of carboxylic acids is 1. The van der Waals surface area contributed by atoms with Crippen molar-refractivity contribution in [3.63, 3.8) is 0 Å². The Hall–Kier alpha value is -3.83. The Morgan fingerprint density at radius 2 is 1.64 bits per heavy atom. The molecule has 1 aliphatic carbocycles. The third-order valence-corrected chi connectivity index (χ3v) is 7.51. The third-order valence-electron chi connectivity index (χ3n) is 7.51. The van der Waals surface area contributed by atoms with Crippen LogP contribution in [0.2, 0.25) is 0 Å². The van der Waals surface area contributed by atoms with Crippen LogP contribution in [-0.4, -0.2) is 71.0 Å². The van der Waals surface area contributed by atoms with Gasteiger partial charge in [0.2, 0.25) is 0 Å². The molecular formula is C29H25ClCuFN5O5. The van der Waals surface area contributed by atoms with Gasteiger partial charge in [-0.3, -0.25) is 19.6 Å². The van der Waals surface area contributed by atoms with Crippen LogP contribution < -0.4 is 32.6 Å². The predicted octanol–water partition coefficient (Wildman–Crippen LogP) is -1.10. The molecule has 4 aromatic rings. The second kappa shape index (κ2) is 12.2. The van der Waals surface area contributed by atoms with Gasteiger partial charge in [0.25, 0.3) is 0 Å². The van der Waals surface area contributed by atoms with Crippen molar-refractivity contribution in [3.8, 4) is 17.1 Å². The largest absolute Gasteiger partial charge is 2.00 e. The number of halogens is 2. The normalized spacial score (nSPS) is 16.7. The van der Waals surface area contributed by atoms with E-state index in [1.54, 1.807) is 41.2 Å². The van der Waals surface area contributed by atoms with Crippen molar-refractivity contribution in [1.29, 1.82) is 0 Å². The van der Waals surface area contributed by atoms with Gasteiger partial charge in [0.15, 0.2) is 22.8 Å². The van der Waals surface area contributed by atoms with Gasteiger partial charge in [0.05, 0.1) is 39.6 Å². The van der Waals surface area contributed by atoms with Gasteiger partial charge in [-0.25, -0.2) is 4.39 Å². The van der Waals surface area contributed by atoms with Crippen molar-refractivity contribution < 1.29 is 53.3 Å². The van der Waals surface area contributed by atoms with Crippen LogP contribution in [-0.2, 0) is 17.1 Å². The van der Waals surface area contributed by atoms with Gasteiger partial charge < -0.3 is 41.4 Å². The van der Waals surface area contributed by atoms with E-state index in [4.69, 9.17) is 4.74 Å². The molecule has 0 N–H and O–H groups in total. The molecule has 13 heteroatoms. The quantitative estimate of drug-likeness (QED) is 0.221. The van der Waals surface area contributed by atoms with Gasteiger partial charge in [-0.2, -0.15) is 0 Å². The number of rotatable bonds is 2. The van der Waals surface area contributed by atoms with Crippen LogP contribution in [0, 0.1) is 5.82 Å². The predicted molar refractivity (Wildman–Crippen MR) is 143 cm³/mol. The second-order valence-corrected chi connectivity index (χ2v) is 10.1. The fourth-order valence-electron chi connectivity index (χ4n) is 5.38. The molecule has 0 amide bonds. The number of ether oxygens (including phenoxy) is 1. The maximum absolute atomic E-state index is 15.0. The van der Waals surface area contributed by atoms with Crippen molar-refractivity contribution in [3.05, 3.63) is 81.7 Å². The zero-order valence-electron chi connectivity index (χ0n) is 22.6. The third kappa shape index (κ3) is 5.15. The number of carbonyl (C=O) groups is 2. The average Bonchev–Trinajstić information content (AvgIpc) is 3.24. The zero-order valence-corrected chi connectivity index (χ0v) is 24.3. The number of hydrogen-bond donors (Lipinski definition) is 0. The SMILES string of the molecule is C[C@H]1COc2c(N3CCN(C)CC3)c(F)cc3c(=O)c(C(=O)[O-])cn1c23.O=C1c2cccnc2-c2ncccc21.[Cl-].[Cu+2]. The van der Waals surface area contributed by atoms with Crippen molar-refractivity contribution in [2.45, 2.75) is 13.0 Å². The molecule has 3 aliphatic rings. The van der Waals surface area contributed by atoms with Crippen LogP contribution >= 0.6 is 0 Å². The van der Waals surface area contributed by atoms with E-state index in [1.807, 2.05) is 18.9 Å². The summed E-state index contributed by atoms with van der Waals surface area (Å²) in [5.41, 5.74) is 2.27. The molecule has 1 aromatic carbocycles. The van der Waals surface area contributed by atoms with Crippen molar-refractivity contribution in [2.75, 3.05) is 44.7 Å². The minimum absolute atomic E-state index is 0. The van der Waals surface area contributed by atoms with Gasteiger partial charge >= 0.3 is 17.1 Å². The number of pyridine rings is 3. The van der Waals surface area contributed by atoms with E-state index in [-0.39, 0.29) is 53.3 Å². The number of carboxylic acid groups (broad SMARTS) is 1. The standard InChI is InChI=1S/C18H20FN3O4.C11H6N2O.ClH.Cu/c1-10-9-26-17-14-11(16(23)12(18(24)25)8-22(10)14)7-13(19)15(17)21-5-3-20(2)4-6-21;14-11-7-3-1-5-12-9(7)10-8(11)4-2-6-13-10;;/h7-8,10H,3-6,9H2,1-2H3,(H,24,25);1-6H;1H;/q;;;+2/p-2/t10-;;;/m0.../s1. The topological polar surface area (TPSA) is 121 Å². The molecule has 0 spiro atoms. The molecule has 3 aromatic heterocycles. The molecule has 221 valence electrons. The number of piperazine rings is 1. The van der Waals surface area contributed by atoms with Crippen LogP contribution in [0.15, 0.2) is 53.7 Å². The molecule has 1 saturated heterocycles. The number of aromatic nitrogens is 3. The van der Waals surface area contributed by atoms with Gasteiger partial charge in [0, 0.05) is 44.8 Å². The minimum atomic E-state index is -1.57. The van der Waals surface area contributed by atoms with E-state index in [0.717, 1.165) is 19.2 Å². The number of benzene rings is 1. The summed E-state index contributed by atoms with van der Waals surface area (Å²) in [7, 11) is 2.01. The van der Waals surface area contributed by atoms with E-state index in [9.17, 15) is 23.9 Å². The fraction of sp³-hybridized carbons (Fsp3) is 0.276. The van der Waals surface area contributed by atoms with Crippen LogP contribution in [0.1, 0.15) is 39.2 Å². The Morgan fingerprint density at radius 1 is 1.05 bits per heavy atom. The summed E-state index contributed by atoms with van der Waals surface area (Å²) in [6.45, 7) is 5.00. The molecule has 1 radical (unpaired) electrons. The molecule has 2 aliphatic heterocycles. The van der Waals surface area contributed by atoms with Gasteiger partial charge in [0.1, 0.15) is 23.7 Å². The van der Waals surface area contributed by atoms with Gasteiger partial charge in [-0.15, -0.1) is 0 Å². The van der Waals surface area contributed by atoms with Crippen molar-refractivity contribution >= 4 is 28.3 Å². The molecular weight excluding hydrogens is 616 g/mol. The molecule has 0 bridgehead atoms. The van der Waals surface area contributed by atoms with E-state index in [2.05, 4.69) is 14.9 Å². The summed E-state index contributed by atoms with van der Waals surface area (Å²) in [6, 6.07) is 8.04. The Kier molecular flexibility index (Phi) is 9.03. The number of ketones is 1. The molecule has 7 rings (SSSR count). The van der Waals surface area contributed by atoms with Crippen molar-refractivity contribution in [1.82, 2.24) is 19.4 Å². The van der Waals surface area contributed by atoms with E-state index in [0.29, 0.717) is 52.6 Å². The summed E-state index contributed by atoms with van der Waals surface area (Å²) >= 11 is 0. The molecule has 0 saturated carbocycles. The summed E-state index contributed by atoms with van der Waals surface area (Å²) in [5.74, 6) is -1.81. The number of fused-ring (bicyclic) bond motifs is 3. The van der Waals surface area contributed by atoms with E-state index >= 15 is 0 Å².